The summed E-state index contributed by atoms with van der Waals surface area (Å²) in [5, 5.41) is 3.34. The molecule has 0 heterocycles. The van der Waals surface area contributed by atoms with Crippen molar-refractivity contribution in [3.8, 4) is 0 Å². The van der Waals surface area contributed by atoms with Crippen molar-refractivity contribution < 1.29 is 4.79 Å². The first kappa shape index (κ1) is 14.3. The van der Waals surface area contributed by atoms with Gasteiger partial charge in [-0.25, -0.2) is 0 Å². The highest BCUT2D eigenvalue weighted by Gasteiger charge is 2.19. The van der Waals surface area contributed by atoms with Gasteiger partial charge in [0.25, 0.3) is 0 Å². The number of nitrogens with one attached hydrogen (secondary N) is 1. The summed E-state index contributed by atoms with van der Waals surface area (Å²) in [6, 6.07) is 8.79. The topological polar surface area (TPSA) is 29.1 Å². The van der Waals surface area contributed by atoms with Gasteiger partial charge in [0.05, 0.1) is 0 Å². The predicted octanol–water partition coefficient (Wildman–Crippen LogP) is 3.92. The van der Waals surface area contributed by atoms with E-state index in [0.717, 1.165) is 24.4 Å². The molecule has 1 aliphatic carbocycles. The highest BCUT2D eigenvalue weighted by atomic mass is 16.1. The number of benzene rings is 1. The standard InChI is InChI=1S/C17H25NO/c1-13(2)18-12-4-7-17(19)16-10-8-15(9-11-16)14-5-3-6-14/h8-11,13-14,18H,3-7,12H2,1-2H3. The highest BCUT2D eigenvalue weighted by molar-refractivity contribution is 5.96. The third kappa shape index (κ3) is 4.17. The zero-order valence-corrected chi connectivity index (χ0v) is 12.1. The predicted molar refractivity (Wildman–Crippen MR) is 79.7 cm³/mol. The molecule has 19 heavy (non-hydrogen) atoms. The summed E-state index contributed by atoms with van der Waals surface area (Å²) < 4.78 is 0. The van der Waals surface area contributed by atoms with Crippen LogP contribution in [0.15, 0.2) is 24.3 Å². The fraction of sp³-hybridized carbons (Fsp3) is 0.588. The fourth-order valence-electron chi connectivity index (χ4n) is 2.47. The summed E-state index contributed by atoms with van der Waals surface area (Å²) in [4.78, 5) is 12.0. The van der Waals surface area contributed by atoms with E-state index in [1.807, 2.05) is 12.1 Å². The SMILES string of the molecule is CC(C)NCCCC(=O)c1ccc(C2CCC2)cc1. The summed E-state index contributed by atoms with van der Waals surface area (Å²) in [5.74, 6) is 1.02. The number of carbonyl (C=O) groups excluding carboxylic acids is 1. The second-order valence-electron chi connectivity index (χ2n) is 5.89. The summed E-state index contributed by atoms with van der Waals surface area (Å²) >= 11 is 0. The molecule has 0 amide bonds. The summed E-state index contributed by atoms with van der Waals surface area (Å²) in [6.45, 7) is 5.17. The Kier molecular flexibility index (Phi) is 5.15. The first-order chi connectivity index (χ1) is 9.16. The van der Waals surface area contributed by atoms with Crippen LogP contribution >= 0.6 is 0 Å². The lowest BCUT2D eigenvalue weighted by Crippen LogP contribution is -2.24. The van der Waals surface area contributed by atoms with Crippen LogP contribution in [0.4, 0.5) is 0 Å². The number of Topliss-reactive ketones (excluding diaryl/α,β-unsaturated/α-hetero) is 1. The monoisotopic (exact) mass is 259 g/mol. The van der Waals surface area contributed by atoms with E-state index in [0.29, 0.717) is 12.5 Å². The first-order valence-electron chi connectivity index (χ1n) is 7.53. The molecule has 0 radical (unpaired) electrons. The average molecular weight is 259 g/mol. The van der Waals surface area contributed by atoms with E-state index in [-0.39, 0.29) is 5.78 Å². The van der Waals surface area contributed by atoms with Crippen LogP contribution in [0.3, 0.4) is 0 Å². The van der Waals surface area contributed by atoms with Crippen LogP contribution < -0.4 is 5.32 Å². The van der Waals surface area contributed by atoms with Gasteiger partial charge in [0.1, 0.15) is 0 Å². The molecule has 1 aliphatic rings. The molecule has 1 saturated carbocycles. The van der Waals surface area contributed by atoms with E-state index < -0.39 is 0 Å². The van der Waals surface area contributed by atoms with Gasteiger partial charge in [-0.3, -0.25) is 4.79 Å². The average Bonchev–Trinajstić information content (AvgIpc) is 2.33. The number of rotatable bonds is 7. The summed E-state index contributed by atoms with van der Waals surface area (Å²) in [7, 11) is 0. The van der Waals surface area contributed by atoms with Crippen molar-refractivity contribution in [1.29, 1.82) is 0 Å². The Hall–Kier alpha value is -1.15. The summed E-state index contributed by atoms with van der Waals surface area (Å²) in [5.41, 5.74) is 2.27. The van der Waals surface area contributed by atoms with E-state index >= 15 is 0 Å². The highest BCUT2D eigenvalue weighted by Crippen LogP contribution is 2.36. The smallest absolute Gasteiger partial charge is 0.162 e. The van der Waals surface area contributed by atoms with Gasteiger partial charge in [0.2, 0.25) is 0 Å². The molecule has 2 rings (SSSR count). The van der Waals surface area contributed by atoms with Crippen molar-refractivity contribution >= 4 is 5.78 Å². The van der Waals surface area contributed by atoms with Crippen LogP contribution in [0.2, 0.25) is 0 Å². The molecule has 1 N–H and O–H groups in total. The number of hydrogen-bond acceptors (Lipinski definition) is 2. The normalized spacial score (nSPS) is 15.5. The molecule has 0 aliphatic heterocycles. The van der Waals surface area contributed by atoms with Crippen LogP contribution in [0, 0.1) is 0 Å². The van der Waals surface area contributed by atoms with Crippen molar-refractivity contribution in [2.75, 3.05) is 6.54 Å². The minimum Gasteiger partial charge on any atom is -0.315 e. The Bertz CT molecular complexity index is 404. The maximum Gasteiger partial charge on any atom is 0.162 e. The van der Waals surface area contributed by atoms with E-state index in [2.05, 4.69) is 31.3 Å². The second kappa shape index (κ2) is 6.85. The maximum atomic E-state index is 12.0. The molecule has 104 valence electrons. The van der Waals surface area contributed by atoms with Crippen LogP contribution in [0.1, 0.15) is 67.8 Å². The van der Waals surface area contributed by atoms with Crippen LogP contribution in [0.5, 0.6) is 0 Å². The second-order valence-corrected chi connectivity index (χ2v) is 5.89. The largest absolute Gasteiger partial charge is 0.315 e. The molecular weight excluding hydrogens is 234 g/mol. The van der Waals surface area contributed by atoms with E-state index in [1.54, 1.807) is 0 Å². The van der Waals surface area contributed by atoms with Gasteiger partial charge in [-0.1, -0.05) is 44.5 Å². The molecule has 0 bridgehead atoms. The minimum atomic E-state index is 0.269. The Balaban J connectivity index is 1.78. The van der Waals surface area contributed by atoms with Crippen molar-refractivity contribution in [3.05, 3.63) is 35.4 Å². The lowest BCUT2D eigenvalue weighted by atomic mass is 9.80. The zero-order valence-electron chi connectivity index (χ0n) is 12.1. The van der Waals surface area contributed by atoms with E-state index in [1.165, 1.54) is 24.8 Å². The lowest BCUT2D eigenvalue weighted by molar-refractivity contribution is 0.0979. The third-order valence-electron chi connectivity index (χ3n) is 3.94. The van der Waals surface area contributed by atoms with Gasteiger partial charge >= 0.3 is 0 Å². The number of carbonyl (C=O) groups is 1. The Morgan fingerprint density at radius 3 is 2.47 bits per heavy atom. The van der Waals surface area contributed by atoms with Crippen LogP contribution in [-0.4, -0.2) is 18.4 Å². The van der Waals surface area contributed by atoms with Crippen molar-refractivity contribution in [2.45, 2.75) is 57.9 Å². The van der Waals surface area contributed by atoms with E-state index in [9.17, 15) is 4.79 Å². The molecule has 0 atom stereocenters. The zero-order chi connectivity index (χ0) is 13.7. The van der Waals surface area contributed by atoms with Crippen molar-refractivity contribution in [1.82, 2.24) is 5.32 Å². The molecule has 1 fully saturated rings. The first-order valence-corrected chi connectivity index (χ1v) is 7.53. The van der Waals surface area contributed by atoms with Gasteiger partial charge in [-0.2, -0.15) is 0 Å². The third-order valence-corrected chi connectivity index (χ3v) is 3.94. The molecule has 0 spiro atoms. The lowest BCUT2D eigenvalue weighted by Gasteiger charge is -2.25. The molecule has 2 nitrogen and oxygen atoms in total. The Morgan fingerprint density at radius 2 is 1.95 bits per heavy atom. The molecule has 0 saturated heterocycles. The molecule has 1 aromatic rings. The Labute approximate surface area is 116 Å². The number of hydrogen-bond donors (Lipinski definition) is 1. The van der Waals surface area contributed by atoms with Crippen molar-refractivity contribution in [3.63, 3.8) is 0 Å². The Morgan fingerprint density at radius 1 is 1.26 bits per heavy atom. The maximum absolute atomic E-state index is 12.0. The molecule has 1 aromatic carbocycles. The minimum absolute atomic E-state index is 0.269. The van der Waals surface area contributed by atoms with Gasteiger partial charge in [0, 0.05) is 18.0 Å². The molecule has 0 aromatic heterocycles. The summed E-state index contributed by atoms with van der Waals surface area (Å²) in [6.07, 6.45) is 5.54. The van der Waals surface area contributed by atoms with Crippen LogP contribution in [-0.2, 0) is 0 Å². The van der Waals surface area contributed by atoms with Gasteiger partial charge in [-0.15, -0.1) is 0 Å². The van der Waals surface area contributed by atoms with Crippen LogP contribution in [0.25, 0.3) is 0 Å². The van der Waals surface area contributed by atoms with Gasteiger partial charge in [-0.05, 0) is 37.3 Å². The van der Waals surface area contributed by atoms with E-state index in [4.69, 9.17) is 0 Å². The van der Waals surface area contributed by atoms with Gasteiger partial charge < -0.3 is 5.32 Å². The molecule has 2 heteroatoms. The molecule has 0 unspecified atom stereocenters. The van der Waals surface area contributed by atoms with Crippen molar-refractivity contribution in [2.24, 2.45) is 0 Å². The van der Waals surface area contributed by atoms with Gasteiger partial charge in [0.15, 0.2) is 5.78 Å². The fourth-order valence-corrected chi connectivity index (χ4v) is 2.47. The quantitative estimate of drug-likeness (QED) is 0.594. The number of ketones is 1. The molecular formula is C17H25NO.